The maximum absolute atomic E-state index is 11.4. The second kappa shape index (κ2) is 5.52. The number of sulfone groups is 1. The molecule has 1 heterocycles. The molecule has 1 aliphatic rings. The largest absolute Gasteiger partial charge is 0.391 e. The number of aliphatic hydroxyl groups excluding tert-OH is 1. The maximum atomic E-state index is 11.4. The van der Waals surface area contributed by atoms with E-state index < -0.39 is 15.9 Å². The number of rotatable bonds is 3. The lowest BCUT2D eigenvalue weighted by Crippen LogP contribution is -2.19. The number of carbonyl (C=O) groups excluding carboxylic acids is 1. The third-order valence-electron chi connectivity index (χ3n) is 2.73. The number of thioether (sulfide) groups is 1. The summed E-state index contributed by atoms with van der Waals surface area (Å²) in [6, 6.07) is 7.10. The van der Waals surface area contributed by atoms with E-state index >= 15 is 0 Å². The number of hydrogen-bond acceptors (Lipinski definition) is 5. The highest BCUT2D eigenvalue weighted by atomic mass is 32.2. The van der Waals surface area contributed by atoms with Crippen molar-refractivity contribution in [1.82, 2.24) is 0 Å². The van der Waals surface area contributed by atoms with Crippen LogP contribution < -0.4 is 5.32 Å². The van der Waals surface area contributed by atoms with Crippen LogP contribution in [0.4, 0.5) is 5.69 Å². The second-order valence-corrected chi connectivity index (χ2v) is 7.97. The zero-order valence-corrected chi connectivity index (χ0v) is 12.0. The maximum Gasteiger partial charge on any atom is 0.221 e. The standard InChI is InChI=1S/C12H15NO4S2/c1-8(14)13-9-2-4-10(5-3-9)18-12-7-19(16,17)6-11(12)15/h2-5,11-12,15H,6-7H2,1H3,(H,13,14)/t11-,12+/m1/s1. The second-order valence-electron chi connectivity index (χ2n) is 4.51. The third-order valence-corrected chi connectivity index (χ3v) is 5.99. The van der Waals surface area contributed by atoms with Crippen molar-refractivity contribution < 1.29 is 18.3 Å². The van der Waals surface area contributed by atoms with Gasteiger partial charge in [-0.25, -0.2) is 8.42 Å². The van der Waals surface area contributed by atoms with Gasteiger partial charge in [-0.3, -0.25) is 4.79 Å². The minimum absolute atomic E-state index is 0.00623. The summed E-state index contributed by atoms with van der Waals surface area (Å²) in [5.74, 6) is -0.293. The average Bonchev–Trinajstić information content (AvgIpc) is 2.54. The van der Waals surface area contributed by atoms with Crippen molar-refractivity contribution >= 4 is 33.2 Å². The number of hydrogen-bond donors (Lipinski definition) is 2. The number of aliphatic hydroxyl groups is 1. The Morgan fingerprint density at radius 2 is 1.95 bits per heavy atom. The zero-order chi connectivity index (χ0) is 14.0. The molecule has 19 heavy (non-hydrogen) atoms. The van der Waals surface area contributed by atoms with Crippen LogP contribution in [0.3, 0.4) is 0 Å². The van der Waals surface area contributed by atoms with Gasteiger partial charge < -0.3 is 10.4 Å². The number of amides is 1. The van der Waals surface area contributed by atoms with Crippen LogP contribution in [0.15, 0.2) is 29.2 Å². The molecule has 0 saturated carbocycles. The molecule has 1 saturated heterocycles. The predicted molar refractivity (Wildman–Crippen MR) is 75.1 cm³/mol. The van der Waals surface area contributed by atoms with Gasteiger partial charge in [0.15, 0.2) is 9.84 Å². The van der Waals surface area contributed by atoms with E-state index in [1.807, 2.05) is 0 Å². The predicted octanol–water partition coefficient (Wildman–Crippen LogP) is 0.895. The van der Waals surface area contributed by atoms with Crippen LogP contribution in [-0.2, 0) is 14.6 Å². The van der Waals surface area contributed by atoms with Crippen molar-refractivity contribution in [3.05, 3.63) is 24.3 Å². The molecule has 0 bridgehead atoms. The van der Waals surface area contributed by atoms with Crippen LogP contribution in [0.25, 0.3) is 0 Å². The van der Waals surface area contributed by atoms with E-state index in [0.29, 0.717) is 5.69 Å². The average molecular weight is 301 g/mol. The number of benzene rings is 1. The monoisotopic (exact) mass is 301 g/mol. The lowest BCUT2D eigenvalue weighted by molar-refractivity contribution is -0.114. The van der Waals surface area contributed by atoms with E-state index in [0.717, 1.165) is 4.90 Å². The summed E-state index contributed by atoms with van der Waals surface area (Å²) in [6.45, 7) is 1.43. The molecule has 0 aromatic heterocycles. The Morgan fingerprint density at radius 3 is 2.42 bits per heavy atom. The van der Waals surface area contributed by atoms with Crippen molar-refractivity contribution in [2.24, 2.45) is 0 Å². The topological polar surface area (TPSA) is 83.5 Å². The van der Waals surface area contributed by atoms with Crippen LogP contribution in [0, 0.1) is 0 Å². The molecule has 0 unspecified atom stereocenters. The van der Waals surface area contributed by atoms with E-state index in [9.17, 15) is 18.3 Å². The fourth-order valence-electron chi connectivity index (χ4n) is 1.90. The Labute approximate surface area is 116 Å². The van der Waals surface area contributed by atoms with E-state index in [2.05, 4.69) is 5.32 Å². The van der Waals surface area contributed by atoms with Gasteiger partial charge in [0, 0.05) is 17.5 Å². The summed E-state index contributed by atoms with van der Waals surface area (Å²) in [6.07, 6.45) is -0.815. The lowest BCUT2D eigenvalue weighted by atomic mass is 10.3. The summed E-state index contributed by atoms with van der Waals surface area (Å²) >= 11 is 1.35. The number of carbonyl (C=O) groups is 1. The molecule has 2 rings (SSSR count). The molecule has 0 spiro atoms. The fourth-order valence-corrected chi connectivity index (χ4v) is 5.43. The van der Waals surface area contributed by atoms with Gasteiger partial charge in [-0.15, -0.1) is 11.8 Å². The van der Waals surface area contributed by atoms with Crippen LogP contribution in [0.5, 0.6) is 0 Å². The molecule has 104 valence electrons. The van der Waals surface area contributed by atoms with Gasteiger partial charge in [0.05, 0.1) is 22.9 Å². The Morgan fingerprint density at radius 1 is 1.32 bits per heavy atom. The zero-order valence-electron chi connectivity index (χ0n) is 10.4. The first-order valence-corrected chi connectivity index (χ1v) is 8.49. The van der Waals surface area contributed by atoms with Gasteiger partial charge in [0.2, 0.25) is 5.91 Å². The van der Waals surface area contributed by atoms with E-state index in [-0.39, 0.29) is 22.7 Å². The van der Waals surface area contributed by atoms with Crippen molar-refractivity contribution in [2.75, 3.05) is 16.8 Å². The van der Waals surface area contributed by atoms with Crippen molar-refractivity contribution in [3.8, 4) is 0 Å². The molecule has 0 aliphatic carbocycles. The molecule has 5 nitrogen and oxygen atoms in total. The number of nitrogens with one attached hydrogen (secondary N) is 1. The molecular formula is C12H15NO4S2. The first-order valence-electron chi connectivity index (χ1n) is 5.78. The quantitative estimate of drug-likeness (QED) is 0.866. The summed E-state index contributed by atoms with van der Waals surface area (Å²) < 4.78 is 22.8. The smallest absolute Gasteiger partial charge is 0.221 e. The number of anilines is 1. The van der Waals surface area contributed by atoms with Gasteiger partial charge >= 0.3 is 0 Å². The van der Waals surface area contributed by atoms with Crippen molar-refractivity contribution in [2.45, 2.75) is 23.2 Å². The van der Waals surface area contributed by atoms with Crippen LogP contribution in [-0.4, -0.2) is 42.3 Å². The fraction of sp³-hybridized carbons (Fsp3) is 0.417. The lowest BCUT2D eigenvalue weighted by Gasteiger charge is -2.12. The van der Waals surface area contributed by atoms with E-state index in [1.165, 1.54) is 18.7 Å². The molecule has 1 fully saturated rings. The first kappa shape index (κ1) is 14.4. The van der Waals surface area contributed by atoms with Crippen LogP contribution in [0.2, 0.25) is 0 Å². The summed E-state index contributed by atoms with van der Waals surface area (Å²) in [7, 11) is -3.12. The minimum atomic E-state index is -3.12. The highest BCUT2D eigenvalue weighted by molar-refractivity contribution is 8.02. The molecule has 2 atom stereocenters. The van der Waals surface area contributed by atoms with Crippen molar-refractivity contribution in [3.63, 3.8) is 0 Å². The Hall–Kier alpha value is -1.05. The molecule has 1 aromatic carbocycles. The molecule has 7 heteroatoms. The van der Waals surface area contributed by atoms with Crippen LogP contribution in [0.1, 0.15) is 6.92 Å². The molecular weight excluding hydrogens is 286 g/mol. The molecule has 1 amide bonds. The van der Waals surface area contributed by atoms with Gasteiger partial charge in [-0.2, -0.15) is 0 Å². The van der Waals surface area contributed by atoms with Gasteiger partial charge in [0.25, 0.3) is 0 Å². The molecule has 0 radical (unpaired) electrons. The summed E-state index contributed by atoms with van der Waals surface area (Å²) in [5, 5.41) is 12.0. The molecule has 1 aromatic rings. The van der Waals surface area contributed by atoms with Crippen LogP contribution >= 0.6 is 11.8 Å². The van der Waals surface area contributed by atoms with E-state index in [4.69, 9.17) is 0 Å². The van der Waals surface area contributed by atoms with E-state index in [1.54, 1.807) is 24.3 Å². The normalized spacial score (nSPS) is 25.2. The molecule has 2 N–H and O–H groups in total. The molecule has 1 aliphatic heterocycles. The Bertz CT molecular complexity index is 568. The highest BCUT2D eigenvalue weighted by Gasteiger charge is 2.36. The first-order chi connectivity index (χ1) is 8.85. The van der Waals surface area contributed by atoms with Gasteiger partial charge in [-0.05, 0) is 24.3 Å². The van der Waals surface area contributed by atoms with Gasteiger partial charge in [-0.1, -0.05) is 0 Å². The summed E-state index contributed by atoms with van der Waals surface area (Å²) in [4.78, 5) is 11.7. The van der Waals surface area contributed by atoms with Crippen molar-refractivity contribution in [1.29, 1.82) is 0 Å². The Kier molecular flexibility index (Phi) is 4.17. The van der Waals surface area contributed by atoms with Gasteiger partial charge in [0.1, 0.15) is 0 Å². The minimum Gasteiger partial charge on any atom is -0.391 e. The third kappa shape index (κ3) is 3.95. The Balaban J connectivity index is 2.02. The summed E-state index contributed by atoms with van der Waals surface area (Å²) in [5.41, 5.74) is 0.691. The highest BCUT2D eigenvalue weighted by Crippen LogP contribution is 2.31. The SMILES string of the molecule is CC(=O)Nc1ccc(S[C@H]2CS(=O)(=O)C[C@H]2O)cc1.